The third kappa shape index (κ3) is 6.30. The van der Waals surface area contributed by atoms with Crippen LogP contribution in [-0.4, -0.2) is 77.5 Å². The number of hydrogen-bond acceptors (Lipinski definition) is 5. The van der Waals surface area contributed by atoms with Gasteiger partial charge in [-0.1, -0.05) is 17.3 Å². The van der Waals surface area contributed by atoms with Gasteiger partial charge in [0.05, 0.1) is 12.2 Å². The molecule has 0 spiro atoms. The monoisotopic (exact) mass is 426 g/mol. The van der Waals surface area contributed by atoms with Crippen molar-refractivity contribution in [2.24, 2.45) is 4.99 Å². The topological polar surface area (TPSA) is 77.2 Å². The summed E-state index contributed by atoms with van der Waals surface area (Å²) in [7, 11) is 0. The molecule has 2 heterocycles. The largest absolute Gasteiger partial charge is 0.364 e. The summed E-state index contributed by atoms with van der Waals surface area (Å²) in [5.74, 6) is 1.02. The molecule has 0 atom stereocenters. The van der Waals surface area contributed by atoms with Crippen molar-refractivity contribution in [1.29, 1.82) is 0 Å². The second-order valence-corrected chi connectivity index (χ2v) is 7.60. The molecule has 3 rings (SSSR count). The number of amides is 1. The number of carbonyl (C=O) groups excluding carboxylic acids is 1. The molecule has 1 aromatic heterocycles. The second-order valence-electron chi connectivity index (χ2n) is 7.60. The van der Waals surface area contributed by atoms with E-state index < -0.39 is 0 Å². The van der Waals surface area contributed by atoms with Crippen molar-refractivity contribution in [2.75, 3.05) is 45.8 Å². The number of rotatable bonds is 8. The molecule has 0 saturated carbocycles. The standard InChI is InChI=1S/C23H34N6O2/c1-4-24-23(29-14-12-27(13-15-29)18-21-11-16-31-26-21)25-17-19-7-9-20(10-8-19)22(30)28(5-2)6-3/h7-11,16H,4-6,12-15,17-18H2,1-3H3,(H,24,25). The highest BCUT2D eigenvalue weighted by Gasteiger charge is 2.20. The van der Waals surface area contributed by atoms with Crippen LogP contribution >= 0.6 is 0 Å². The Kier molecular flexibility index (Phi) is 8.46. The Bertz CT molecular complexity index is 822. The summed E-state index contributed by atoms with van der Waals surface area (Å²) < 4.78 is 4.93. The molecular formula is C23H34N6O2. The first kappa shape index (κ1) is 22.8. The number of carbonyl (C=O) groups is 1. The van der Waals surface area contributed by atoms with Crippen LogP contribution in [0.1, 0.15) is 42.4 Å². The summed E-state index contributed by atoms with van der Waals surface area (Å²) in [5.41, 5.74) is 2.79. The Morgan fingerprint density at radius 2 is 1.81 bits per heavy atom. The molecule has 8 heteroatoms. The highest BCUT2D eigenvalue weighted by Crippen LogP contribution is 2.11. The lowest BCUT2D eigenvalue weighted by atomic mass is 10.1. The molecule has 1 aromatic carbocycles. The fourth-order valence-corrected chi connectivity index (χ4v) is 3.70. The van der Waals surface area contributed by atoms with Crippen molar-refractivity contribution in [2.45, 2.75) is 33.9 Å². The van der Waals surface area contributed by atoms with E-state index in [4.69, 9.17) is 9.52 Å². The fraction of sp³-hybridized carbons (Fsp3) is 0.522. The van der Waals surface area contributed by atoms with E-state index in [1.807, 2.05) is 49.1 Å². The van der Waals surface area contributed by atoms with Gasteiger partial charge in [0.15, 0.2) is 5.96 Å². The Morgan fingerprint density at radius 1 is 1.10 bits per heavy atom. The Morgan fingerprint density at radius 3 is 2.39 bits per heavy atom. The van der Waals surface area contributed by atoms with E-state index in [1.54, 1.807) is 6.26 Å². The summed E-state index contributed by atoms with van der Waals surface area (Å²) >= 11 is 0. The highest BCUT2D eigenvalue weighted by molar-refractivity contribution is 5.94. The van der Waals surface area contributed by atoms with Gasteiger partial charge in [0.1, 0.15) is 6.26 Å². The SMILES string of the molecule is CCNC(=NCc1ccc(C(=O)N(CC)CC)cc1)N1CCN(Cc2ccon2)CC1. The zero-order chi connectivity index (χ0) is 22.1. The first-order valence-corrected chi connectivity index (χ1v) is 11.2. The molecule has 1 amide bonds. The number of aromatic nitrogens is 1. The van der Waals surface area contributed by atoms with Crippen molar-refractivity contribution in [3.8, 4) is 0 Å². The van der Waals surface area contributed by atoms with Crippen molar-refractivity contribution in [3.63, 3.8) is 0 Å². The molecule has 31 heavy (non-hydrogen) atoms. The van der Waals surface area contributed by atoms with Crippen molar-refractivity contribution < 1.29 is 9.32 Å². The molecule has 0 unspecified atom stereocenters. The van der Waals surface area contributed by atoms with Gasteiger partial charge in [-0.3, -0.25) is 9.69 Å². The van der Waals surface area contributed by atoms with Gasteiger partial charge in [-0.25, -0.2) is 4.99 Å². The minimum atomic E-state index is 0.0804. The van der Waals surface area contributed by atoms with Crippen LogP contribution in [0.25, 0.3) is 0 Å². The second kappa shape index (κ2) is 11.5. The van der Waals surface area contributed by atoms with Gasteiger partial charge in [-0.05, 0) is 38.5 Å². The third-order valence-corrected chi connectivity index (χ3v) is 5.55. The fourth-order valence-electron chi connectivity index (χ4n) is 3.70. The van der Waals surface area contributed by atoms with Gasteiger partial charge in [0, 0.05) is 64.0 Å². The first-order chi connectivity index (χ1) is 15.1. The summed E-state index contributed by atoms with van der Waals surface area (Å²) in [6, 6.07) is 9.72. The summed E-state index contributed by atoms with van der Waals surface area (Å²) in [6.45, 7) is 13.5. The lowest BCUT2D eigenvalue weighted by molar-refractivity contribution is 0.0773. The summed E-state index contributed by atoms with van der Waals surface area (Å²) in [6.07, 6.45) is 1.62. The maximum atomic E-state index is 12.5. The molecule has 0 bridgehead atoms. The van der Waals surface area contributed by atoms with Gasteiger partial charge in [0.2, 0.25) is 0 Å². The molecule has 1 aliphatic rings. The molecule has 8 nitrogen and oxygen atoms in total. The summed E-state index contributed by atoms with van der Waals surface area (Å²) in [5, 5.41) is 7.42. The van der Waals surface area contributed by atoms with Crippen LogP contribution in [0.15, 0.2) is 46.1 Å². The molecule has 1 aliphatic heterocycles. The van der Waals surface area contributed by atoms with Crippen LogP contribution in [0.5, 0.6) is 0 Å². The molecule has 1 fully saturated rings. The van der Waals surface area contributed by atoms with E-state index in [2.05, 4.69) is 27.2 Å². The molecule has 1 saturated heterocycles. The number of aliphatic imine (C=N–C) groups is 1. The zero-order valence-corrected chi connectivity index (χ0v) is 18.9. The van der Waals surface area contributed by atoms with E-state index in [-0.39, 0.29) is 5.91 Å². The van der Waals surface area contributed by atoms with E-state index >= 15 is 0 Å². The summed E-state index contributed by atoms with van der Waals surface area (Å²) in [4.78, 5) is 23.8. The molecule has 0 radical (unpaired) electrons. The smallest absolute Gasteiger partial charge is 0.253 e. The van der Waals surface area contributed by atoms with Crippen molar-refractivity contribution >= 4 is 11.9 Å². The average molecular weight is 427 g/mol. The highest BCUT2D eigenvalue weighted by atomic mass is 16.5. The van der Waals surface area contributed by atoms with E-state index in [9.17, 15) is 4.79 Å². The lowest BCUT2D eigenvalue weighted by Gasteiger charge is -2.36. The number of hydrogen-bond donors (Lipinski definition) is 1. The molecule has 168 valence electrons. The number of guanidine groups is 1. The van der Waals surface area contributed by atoms with Gasteiger partial charge in [-0.2, -0.15) is 0 Å². The maximum absolute atomic E-state index is 12.5. The van der Waals surface area contributed by atoms with Crippen LogP contribution < -0.4 is 5.32 Å². The average Bonchev–Trinajstić information content (AvgIpc) is 3.31. The van der Waals surface area contributed by atoms with Crippen LogP contribution in [0, 0.1) is 0 Å². The number of piperazine rings is 1. The molecule has 1 N–H and O–H groups in total. The van der Waals surface area contributed by atoms with E-state index in [1.165, 1.54) is 0 Å². The van der Waals surface area contributed by atoms with Crippen molar-refractivity contribution in [3.05, 3.63) is 53.4 Å². The third-order valence-electron chi connectivity index (χ3n) is 5.55. The van der Waals surface area contributed by atoms with Gasteiger partial charge >= 0.3 is 0 Å². The number of benzene rings is 1. The van der Waals surface area contributed by atoms with Crippen LogP contribution in [0.4, 0.5) is 0 Å². The maximum Gasteiger partial charge on any atom is 0.253 e. The van der Waals surface area contributed by atoms with Crippen LogP contribution in [-0.2, 0) is 13.1 Å². The van der Waals surface area contributed by atoms with E-state index in [0.29, 0.717) is 6.54 Å². The van der Waals surface area contributed by atoms with Crippen LogP contribution in [0.2, 0.25) is 0 Å². The molecule has 0 aliphatic carbocycles. The normalized spacial score (nSPS) is 15.2. The Hall–Kier alpha value is -2.87. The number of nitrogens with zero attached hydrogens (tertiary/aromatic N) is 5. The Labute approximate surface area is 184 Å². The van der Waals surface area contributed by atoms with Crippen LogP contribution in [0.3, 0.4) is 0 Å². The van der Waals surface area contributed by atoms with Gasteiger partial charge < -0.3 is 19.6 Å². The minimum Gasteiger partial charge on any atom is -0.364 e. The first-order valence-electron chi connectivity index (χ1n) is 11.2. The Balaban J connectivity index is 1.56. The lowest BCUT2D eigenvalue weighted by Crippen LogP contribution is -2.52. The van der Waals surface area contributed by atoms with Gasteiger partial charge in [-0.15, -0.1) is 0 Å². The zero-order valence-electron chi connectivity index (χ0n) is 18.9. The minimum absolute atomic E-state index is 0.0804. The van der Waals surface area contributed by atoms with Crippen molar-refractivity contribution in [1.82, 2.24) is 25.2 Å². The number of nitrogens with one attached hydrogen (secondary N) is 1. The molecule has 2 aromatic rings. The van der Waals surface area contributed by atoms with E-state index in [0.717, 1.165) is 75.1 Å². The predicted octanol–water partition coefficient (Wildman–Crippen LogP) is 2.44. The quantitative estimate of drug-likeness (QED) is 0.516. The predicted molar refractivity (Wildman–Crippen MR) is 122 cm³/mol. The van der Waals surface area contributed by atoms with Gasteiger partial charge in [0.25, 0.3) is 5.91 Å². The molecular weight excluding hydrogens is 392 g/mol.